The Kier molecular flexibility index (Phi) is 4.60. The molecule has 1 saturated heterocycles. The van der Waals surface area contributed by atoms with Crippen LogP contribution >= 0.6 is 0 Å². The number of alkyl halides is 3. The molecule has 0 spiro atoms. The molecule has 1 fully saturated rings. The molecule has 1 aromatic carbocycles. The fourth-order valence-electron chi connectivity index (χ4n) is 3.00. The smallest absolute Gasteiger partial charge is 0.361 e. The predicted octanol–water partition coefficient (Wildman–Crippen LogP) is 3.18. The summed E-state index contributed by atoms with van der Waals surface area (Å²) in [7, 11) is 0. The highest BCUT2D eigenvalue weighted by Gasteiger charge is 2.36. The van der Waals surface area contributed by atoms with E-state index in [1.54, 1.807) is 4.90 Å². The first-order valence-electron chi connectivity index (χ1n) is 7.08. The lowest BCUT2D eigenvalue weighted by molar-refractivity contribution is -0.384. The summed E-state index contributed by atoms with van der Waals surface area (Å²) in [6, 6.07) is 2.56. The zero-order valence-corrected chi connectivity index (χ0v) is 12.1. The van der Waals surface area contributed by atoms with Gasteiger partial charge in [0.25, 0.3) is 5.69 Å². The van der Waals surface area contributed by atoms with E-state index in [-0.39, 0.29) is 17.6 Å². The molecule has 1 aliphatic rings. The third kappa shape index (κ3) is 3.16. The lowest BCUT2D eigenvalue weighted by atomic mass is 9.90. The Bertz CT molecular complexity index is 563. The van der Waals surface area contributed by atoms with Gasteiger partial charge in [-0.1, -0.05) is 6.92 Å². The first kappa shape index (κ1) is 16.5. The van der Waals surface area contributed by atoms with Gasteiger partial charge in [0.2, 0.25) is 0 Å². The average Bonchev–Trinajstić information content (AvgIpc) is 2.45. The van der Waals surface area contributed by atoms with E-state index in [9.17, 15) is 23.3 Å². The van der Waals surface area contributed by atoms with Gasteiger partial charge in [0.1, 0.15) is 5.69 Å². The fourth-order valence-corrected chi connectivity index (χ4v) is 3.00. The molecular formula is C14H18F3N3O2. The van der Waals surface area contributed by atoms with E-state index in [1.165, 1.54) is 6.07 Å². The molecule has 1 aromatic rings. The summed E-state index contributed by atoms with van der Waals surface area (Å²) in [4.78, 5) is 12.2. The number of nitrogens with two attached hydrogens (primary N) is 1. The predicted molar refractivity (Wildman–Crippen MR) is 76.7 cm³/mol. The summed E-state index contributed by atoms with van der Waals surface area (Å²) in [5, 5.41) is 11.2. The third-order valence-corrected chi connectivity index (χ3v) is 4.17. The van der Waals surface area contributed by atoms with E-state index < -0.39 is 22.4 Å². The summed E-state index contributed by atoms with van der Waals surface area (Å²) in [6.45, 7) is 2.86. The van der Waals surface area contributed by atoms with E-state index in [0.717, 1.165) is 18.9 Å². The summed E-state index contributed by atoms with van der Waals surface area (Å²) in [6.07, 6.45) is -2.83. The van der Waals surface area contributed by atoms with Crippen molar-refractivity contribution in [3.63, 3.8) is 0 Å². The zero-order valence-electron chi connectivity index (χ0n) is 12.1. The van der Waals surface area contributed by atoms with Crippen LogP contribution in [0.25, 0.3) is 0 Å². The van der Waals surface area contributed by atoms with Gasteiger partial charge in [0.15, 0.2) is 0 Å². The summed E-state index contributed by atoms with van der Waals surface area (Å²) < 4.78 is 38.3. The lowest BCUT2D eigenvalue weighted by Gasteiger charge is -2.40. The largest absolute Gasteiger partial charge is 0.416 e. The van der Waals surface area contributed by atoms with Crippen molar-refractivity contribution in [3.05, 3.63) is 33.9 Å². The second-order valence-corrected chi connectivity index (χ2v) is 5.57. The molecule has 8 heteroatoms. The van der Waals surface area contributed by atoms with Crippen LogP contribution in [0.3, 0.4) is 0 Å². The first-order valence-corrected chi connectivity index (χ1v) is 7.08. The topological polar surface area (TPSA) is 72.4 Å². The van der Waals surface area contributed by atoms with Gasteiger partial charge in [0.05, 0.1) is 10.5 Å². The van der Waals surface area contributed by atoms with E-state index in [1.807, 2.05) is 6.92 Å². The SMILES string of the molecule is CC1CCCN(c2ccc(C(F)(F)F)cc2[N+](=O)[O-])C1CN. The lowest BCUT2D eigenvalue weighted by Crippen LogP contribution is -2.49. The van der Waals surface area contributed by atoms with Gasteiger partial charge in [-0.15, -0.1) is 0 Å². The molecule has 2 atom stereocenters. The van der Waals surface area contributed by atoms with Crippen molar-refractivity contribution in [1.29, 1.82) is 0 Å². The van der Waals surface area contributed by atoms with Crippen molar-refractivity contribution >= 4 is 11.4 Å². The Hall–Kier alpha value is -1.83. The van der Waals surface area contributed by atoms with Crippen molar-refractivity contribution in [1.82, 2.24) is 0 Å². The number of hydrogen-bond donors (Lipinski definition) is 1. The molecule has 2 N–H and O–H groups in total. The van der Waals surface area contributed by atoms with Crippen LogP contribution in [0.2, 0.25) is 0 Å². The standard InChI is InChI=1S/C14H18F3N3O2/c1-9-3-2-6-19(13(9)8-18)11-5-4-10(14(15,16)17)7-12(11)20(21)22/h4-5,7,9,13H,2-3,6,8,18H2,1H3. The second kappa shape index (κ2) is 6.12. The van der Waals surface area contributed by atoms with Crippen molar-refractivity contribution in [2.75, 3.05) is 18.0 Å². The quantitative estimate of drug-likeness (QED) is 0.686. The van der Waals surface area contributed by atoms with Crippen molar-refractivity contribution in [2.24, 2.45) is 11.7 Å². The van der Waals surface area contributed by atoms with Crippen LogP contribution in [0, 0.1) is 16.0 Å². The van der Waals surface area contributed by atoms with Gasteiger partial charge in [0, 0.05) is 25.2 Å². The van der Waals surface area contributed by atoms with E-state index >= 15 is 0 Å². The molecule has 22 heavy (non-hydrogen) atoms. The van der Waals surface area contributed by atoms with Crippen molar-refractivity contribution in [2.45, 2.75) is 32.0 Å². The summed E-state index contributed by atoms with van der Waals surface area (Å²) >= 11 is 0. The molecule has 122 valence electrons. The number of nitro groups is 1. The fraction of sp³-hybridized carbons (Fsp3) is 0.571. The van der Waals surface area contributed by atoms with Gasteiger partial charge >= 0.3 is 6.18 Å². The molecule has 0 aliphatic carbocycles. The molecule has 2 rings (SSSR count). The number of rotatable bonds is 3. The minimum Gasteiger partial charge on any atom is -0.361 e. The molecule has 0 aromatic heterocycles. The van der Waals surface area contributed by atoms with Crippen LogP contribution in [-0.4, -0.2) is 24.1 Å². The van der Waals surface area contributed by atoms with Crippen LogP contribution in [-0.2, 0) is 6.18 Å². The highest BCUT2D eigenvalue weighted by molar-refractivity contribution is 5.65. The maximum absolute atomic E-state index is 12.8. The van der Waals surface area contributed by atoms with Gasteiger partial charge in [-0.05, 0) is 30.9 Å². The minimum atomic E-state index is -4.61. The summed E-state index contributed by atoms with van der Waals surface area (Å²) in [5.74, 6) is 0.237. The van der Waals surface area contributed by atoms with Crippen LogP contribution in [0.1, 0.15) is 25.3 Å². The number of hydrogen-bond acceptors (Lipinski definition) is 4. The molecular weight excluding hydrogens is 299 g/mol. The van der Waals surface area contributed by atoms with Gasteiger partial charge in [-0.3, -0.25) is 10.1 Å². The van der Waals surface area contributed by atoms with Crippen LogP contribution in [0.5, 0.6) is 0 Å². The molecule has 0 bridgehead atoms. The second-order valence-electron chi connectivity index (χ2n) is 5.57. The maximum atomic E-state index is 12.8. The average molecular weight is 317 g/mol. The Labute approximate surface area is 126 Å². The molecule has 2 unspecified atom stereocenters. The van der Waals surface area contributed by atoms with Gasteiger partial charge in [-0.2, -0.15) is 13.2 Å². The Morgan fingerprint density at radius 3 is 2.68 bits per heavy atom. The molecule has 5 nitrogen and oxygen atoms in total. The van der Waals surface area contributed by atoms with Crippen LogP contribution < -0.4 is 10.6 Å². The monoisotopic (exact) mass is 317 g/mol. The zero-order chi connectivity index (χ0) is 16.5. The number of anilines is 1. The van der Waals surface area contributed by atoms with Crippen LogP contribution in [0.15, 0.2) is 18.2 Å². The number of nitrogens with zero attached hydrogens (tertiary/aromatic N) is 2. The van der Waals surface area contributed by atoms with Crippen molar-refractivity contribution in [3.8, 4) is 0 Å². The summed E-state index contributed by atoms with van der Waals surface area (Å²) in [5.41, 5.74) is 4.42. The normalized spacial score (nSPS) is 22.7. The highest BCUT2D eigenvalue weighted by Crippen LogP contribution is 2.39. The Balaban J connectivity index is 2.47. The molecule has 0 amide bonds. The highest BCUT2D eigenvalue weighted by atomic mass is 19.4. The van der Waals surface area contributed by atoms with Crippen LogP contribution in [0.4, 0.5) is 24.5 Å². The Morgan fingerprint density at radius 2 is 2.14 bits per heavy atom. The number of nitro benzene ring substituents is 1. The molecule has 1 aliphatic heterocycles. The van der Waals surface area contributed by atoms with Gasteiger partial charge in [-0.25, -0.2) is 0 Å². The van der Waals surface area contributed by atoms with E-state index in [2.05, 4.69) is 0 Å². The molecule has 1 heterocycles. The van der Waals surface area contributed by atoms with E-state index in [4.69, 9.17) is 5.73 Å². The van der Waals surface area contributed by atoms with Crippen molar-refractivity contribution < 1.29 is 18.1 Å². The third-order valence-electron chi connectivity index (χ3n) is 4.17. The Morgan fingerprint density at radius 1 is 1.45 bits per heavy atom. The van der Waals surface area contributed by atoms with E-state index in [0.29, 0.717) is 19.2 Å². The molecule has 0 radical (unpaired) electrons. The van der Waals surface area contributed by atoms with Gasteiger partial charge < -0.3 is 10.6 Å². The number of benzene rings is 1. The number of halogens is 3. The maximum Gasteiger partial charge on any atom is 0.416 e. The number of piperidine rings is 1. The molecule has 0 saturated carbocycles. The first-order chi connectivity index (χ1) is 10.3. The minimum absolute atomic E-state index is 0.107.